The van der Waals surface area contributed by atoms with E-state index in [-0.39, 0.29) is 23.4 Å². The van der Waals surface area contributed by atoms with E-state index in [0.717, 1.165) is 31.1 Å². The van der Waals surface area contributed by atoms with Gasteiger partial charge in [0.05, 0.1) is 0 Å². The molecule has 0 radical (unpaired) electrons. The van der Waals surface area contributed by atoms with Gasteiger partial charge < -0.3 is 4.74 Å². The lowest BCUT2D eigenvalue weighted by molar-refractivity contribution is -0.171. The summed E-state index contributed by atoms with van der Waals surface area (Å²) in [6.07, 6.45) is 12.7. The van der Waals surface area contributed by atoms with Crippen LogP contribution in [-0.2, 0) is 14.3 Å². The van der Waals surface area contributed by atoms with Gasteiger partial charge in [-0.15, -0.1) is 0 Å². The molecule has 4 saturated carbocycles. The number of Topliss-reactive ketones (excluding diaryl/α,β-unsaturated/α-hetero) is 1. The van der Waals surface area contributed by atoms with Crippen LogP contribution in [0.2, 0.25) is 0 Å². The second-order valence-electron chi connectivity index (χ2n) is 13.8. The molecule has 4 fully saturated rings. The van der Waals surface area contributed by atoms with Crippen molar-refractivity contribution in [3.05, 3.63) is 0 Å². The van der Waals surface area contributed by atoms with E-state index in [2.05, 4.69) is 41.5 Å². The summed E-state index contributed by atoms with van der Waals surface area (Å²) in [6, 6.07) is 0. The Hall–Kier alpha value is -0.860. The summed E-state index contributed by atoms with van der Waals surface area (Å²) < 4.78 is 5.59. The van der Waals surface area contributed by atoms with Gasteiger partial charge in [0.1, 0.15) is 11.9 Å². The monoisotopic (exact) mass is 458 g/mol. The first-order chi connectivity index (χ1) is 15.4. The Labute approximate surface area is 203 Å². The Bertz CT molecular complexity index is 758. The van der Waals surface area contributed by atoms with Crippen molar-refractivity contribution in [1.82, 2.24) is 0 Å². The van der Waals surface area contributed by atoms with Gasteiger partial charge in [-0.1, -0.05) is 60.8 Å². The third kappa shape index (κ3) is 4.12. The van der Waals surface area contributed by atoms with Crippen molar-refractivity contribution in [2.45, 2.75) is 125 Å². The van der Waals surface area contributed by atoms with Crippen LogP contribution in [0.3, 0.4) is 0 Å². The summed E-state index contributed by atoms with van der Waals surface area (Å²) >= 11 is 0. The predicted octanol–water partition coefficient (Wildman–Crippen LogP) is 7.61. The Morgan fingerprint density at radius 2 is 1.70 bits per heavy atom. The molecule has 4 aliphatic carbocycles. The Balaban J connectivity index is 1.53. The number of hydrogen-bond acceptors (Lipinski definition) is 3. The normalized spacial score (nSPS) is 45.8. The molecule has 4 rings (SSSR count). The van der Waals surface area contributed by atoms with Crippen molar-refractivity contribution in [3.63, 3.8) is 0 Å². The molecule has 0 spiro atoms. The highest BCUT2D eigenvalue weighted by atomic mass is 16.5. The van der Waals surface area contributed by atoms with Crippen molar-refractivity contribution in [2.24, 2.45) is 51.8 Å². The average molecular weight is 459 g/mol. The maximum atomic E-state index is 13.8. The molecule has 9 atom stereocenters. The molecule has 0 aliphatic heterocycles. The minimum Gasteiger partial charge on any atom is -0.463 e. The lowest BCUT2D eigenvalue weighted by atomic mass is 9.42. The van der Waals surface area contributed by atoms with Crippen molar-refractivity contribution in [2.75, 3.05) is 0 Å². The fraction of sp³-hybridized carbons (Fsp3) is 0.933. The lowest BCUT2D eigenvalue weighted by Crippen LogP contribution is -2.58. The van der Waals surface area contributed by atoms with Crippen LogP contribution in [0, 0.1) is 51.8 Å². The van der Waals surface area contributed by atoms with Crippen molar-refractivity contribution in [1.29, 1.82) is 0 Å². The van der Waals surface area contributed by atoms with Crippen LogP contribution >= 0.6 is 0 Å². The zero-order valence-corrected chi connectivity index (χ0v) is 22.5. The summed E-state index contributed by atoms with van der Waals surface area (Å²) in [5.41, 5.74) is 0.877. The van der Waals surface area contributed by atoms with Gasteiger partial charge in [-0.05, 0) is 90.8 Å². The maximum absolute atomic E-state index is 13.8. The highest BCUT2D eigenvalue weighted by molar-refractivity contribution is 5.83. The standard InChI is InChI=1S/C30H50O3/c1-19(2)9-8-10-20(3)29(6)15-13-25-27-24(12-16-30(25,29)7)28(5)14-11-23(33-21(4)31)17-22(28)18-26(27)32/h19-20,22-25,27H,8-18H2,1-7H3/t20-,22-,23+,24+,25+,27-,28+,29-,30+/m1/s1. The molecular formula is C30H50O3. The average Bonchev–Trinajstić information content (AvgIpc) is 3.00. The van der Waals surface area contributed by atoms with Gasteiger partial charge in [-0.3, -0.25) is 9.59 Å². The Kier molecular flexibility index (Phi) is 6.86. The van der Waals surface area contributed by atoms with Gasteiger partial charge in [0.15, 0.2) is 0 Å². The number of hydrogen-bond donors (Lipinski definition) is 0. The molecule has 0 N–H and O–H groups in total. The largest absolute Gasteiger partial charge is 0.463 e. The van der Waals surface area contributed by atoms with Crippen LogP contribution < -0.4 is 0 Å². The highest BCUT2D eigenvalue weighted by Crippen LogP contribution is 2.71. The van der Waals surface area contributed by atoms with E-state index < -0.39 is 0 Å². The molecule has 0 bridgehead atoms. The Morgan fingerprint density at radius 3 is 2.36 bits per heavy atom. The zero-order valence-electron chi connectivity index (χ0n) is 22.5. The summed E-state index contributed by atoms with van der Waals surface area (Å²) in [4.78, 5) is 25.3. The molecule has 0 amide bonds. The molecule has 0 aromatic rings. The van der Waals surface area contributed by atoms with Crippen LogP contribution in [0.1, 0.15) is 119 Å². The van der Waals surface area contributed by atoms with Gasteiger partial charge in [-0.25, -0.2) is 0 Å². The van der Waals surface area contributed by atoms with Gasteiger partial charge in [0, 0.05) is 19.3 Å². The molecule has 4 aliphatic rings. The molecular weight excluding hydrogens is 408 g/mol. The van der Waals surface area contributed by atoms with Crippen LogP contribution in [0.4, 0.5) is 0 Å². The Morgan fingerprint density at radius 1 is 1.00 bits per heavy atom. The smallest absolute Gasteiger partial charge is 0.302 e. The molecule has 188 valence electrons. The molecule has 3 heteroatoms. The lowest BCUT2D eigenvalue weighted by Gasteiger charge is -2.62. The zero-order chi connectivity index (χ0) is 24.2. The van der Waals surface area contributed by atoms with E-state index >= 15 is 0 Å². The first kappa shape index (κ1) is 25.2. The highest BCUT2D eigenvalue weighted by Gasteiger charge is 2.66. The second kappa shape index (κ2) is 8.98. The third-order valence-corrected chi connectivity index (χ3v) is 11.9. The minimum absolute atomic E-state index is 0.0141. The van der Waals surface area contributed by atoms with E-state index in [1.54, 1.807) is 0 Å². The fourth-order valence-electron chi connectivity index (χ4n) is 9.50. The molecule has 0 unspecified atom stereocenters. The number of carbonyl (C=O) groups is 2. The fourth-order valence-corrected chi connectivity index (χ4v) is 9.50. The number of ether oxygens (including phenoxy) is 1. The number of carbonyl (C=O) groups excluding carboxylic acids is 2. The predicted molar refractivity (Wildman–Crippen MR) is 134 cm³/mol. The third-order valence-electron chi connectivity index (χ3n) is 11.9. The molecule has 33 heavy (non-hydrogen) atoms. The second-order valence-corrected chi connectivity index (χ2v) is 13.8. The minimum atomic E-state index is -0.176. The molecule has 0 saturated heterocycles. The summed E-state index contributed by atoms with van der Waals surface area (Å²) in [6.45, 7) is 16.3. The van der Waals surface area contributed by atoms with E-state index in [1.807, 2.05) is 0 Å². The number of rotatable bonds is 6. The van der Waals surface area contributed by atoms with E-state index in [1.165, 1.54) is 51.9 Å². The van der Waals surface area contributed by atoms with Crippen molar-refractivity contribution >= 4 is 11.8 Å². The molecule has 0 aromatic heterocycles. The van der Waals surface area contributed by atoms with Crippen LogP contribution in [0.15, 0.2) is 0 Å². The number of ketones is 1. The van der Waals surface area contributed by atoms with Gasteiger partial charge >= 0.3 is 5.97 Å². The molecule has 0 aromatic carbocycles. The van der Waals surface area contributed by atoms with E-state index in [4.69, 9.17) is 4.74 Å². The van der Waals surface area contributed by atoms with E-state index in [0.29, 0.717) is 40.8 Å². The van der Waals surface area contributed by atoms with E-state index in [9.17, 15) is 9.59 Å². The van der Waals surface area contributed by atoms with Gasteiger partial charge in [-0.2, -0.15) is 0 Å². The van der Waals surface area contributed by atoms with Crippen LogP contribution in [0.25, 0.3) is 0 Å². The van der Waals surface area contributed by atoms with Gasteiger partial charge in [0.2, 0.25) is 0 Å². The van der Waals surface area contributed by atoms with Crippen molar-refractivity contribution in [3.8, 4) is 0 Å². The van der Waals surface area contributed by atoms with Gasteiger partial charge in [0.25, 0.3) is 0 Å². The molecule has 3 nitrogen and oxygen atoms in total. The summed E-state index contributed by atoms with van der Waals surface area (Å²) in [7, 11) is 0. The SMILES string of the molecule is CC(=O)O[C@H]1CC[C@@]2(C)[C@@H](CC(=O)[C@@H]3[C@@H]2CC[C@@]2(C)[C@H]3CC[C@]2(C)[C@H](C)CCCC(C)C)C1. The maximum Gasteiger partial charge on any atom is 0.302 e. The first-order valence-corrected chi connectivity index (χ1v) is 14.1. The summed E-state index contributed by atoms with van der Waals surface area (Å²) in [5.74, 6) is 3.62. The van der Waals surface area contributed by atoms with Crippen molar-refractivity contribution < 1.29 is 14.3 Å². The number of fused-ring (bicyclic) bond motifs is 5. The number of esters is 1. The van der Waals surface area contributed by atoms with Crippen LogP contribution in [0.5, 0.6) is 0 Å². The first-order valence-electron chi connectivity index (χ1n) is 14.1. The summed E-state index contributed by atoms with van der Waals surface area (Å²) in [5, 5.41) is 0. The molecule has 0 heterocycles. The van der Waals surface area contributed by atoms with Crippen LogP contribution in [-0.4, -0.2) is 17.9 Å². The topological polar surface area (TPSA) is 43.4 Å². The quantitative estimate of drug-likeness (QED) is 0.385.